The molecule has 1 saturated heterocycles. The molecule has 0 aromatic carbocycles. The van der Waals surface area contributed by atoms with Crippen LogP contribution in [0.25, 0.3) is 0 Å². The van der Waals surface area contributed by atoms with E-state index in [1.54, 1.807) is 22.8 Å². The normalized spacial score (nSPS) is 18.6. The molecular weight excluding hydrogens is 335 g/mol. The minimum Gasteiger partial charge on any atom is -0.338 e. The fraction of sp³-hybridized carbons (Fsp3) is 0.562. The number of hydrogen-bond acceptors (Lipinski definition) is 3. The molecule has 0 bridgehead atoms. The Bertz CT molecular complexity index is 764. The molecular formula is C16H20F3N5O. The van der Waals surface area contributed by atoms with E-state index in [2.05, 4.69) is 10.1 Å². The predicted octanol–water partition coefficient (Wildman–Crippen LogP) is 2.68. The Kier molecular flexibility index (Phi) is 4.57. The van der Waals surface area contributed by atoms with E-state index in [-0.39, 0.29) is 11.8 Å². The Hall–Kier alpha value is -2.32. The zero-order valence-electron chi connectivity index (χ0n) is 14.1. The summed E-state index contributed by atoms with van der Waals surface area (Å²) < 4.78 is 41.7. The SMILES string of the molecule is CCn1cc(C(=O)N2CCC[C@H](c3nc(C(F)(F)F)cn3C)C2)cn1. The number of rotatable bonds is 3. The molecule has 3 rings (SSSR count). The van der Waals surface area contributed by atoms with Crippen molar-refractivity contribution in [2.75, 3.05) is 13.1 Å². The second kappa shape index (κ2) is 6.53. The molecule has 1 fully saturated rings. The number of imidazole rings is 1. The van der Waals surface area contributed by atoms with E-state index in [0.717, 1.165) is 12.6 Å². The number of nitrogens with zero attached hydrogens (tertiary/aromatic N) is 5. The van der Waals surface area contributed by atoms with E-state index >= 15 is 0 Å². The van der Waals surface area contributed by atoms with Gasteiger partial charge in [-0.2, -0.15) is 18.3 Å². The molecule has 25 heavy (non-hydrogen) atoms. The zero-order valence-corrected chi connectivity index (χ0v) is 14.1. The number of carbonyl (C=O) groups is 1. The summed E-state index contributed by atoms with van der Waals surface area (Å²) in [4.78, 5) is 18.1. The predicted molar refractivity (Wildman–Crippen MR) is 84.0 cm³/mol. The Labute approximate surface area is 143 Å². The van der Waals surface area contributed by atoms with E-state index in [1.165, 1.54) is 10.8 Å². The third-order valence-electron chi connectivity index (χ3n) is 4.48. The van der Waals surface area contributed by atoms with Gasteiger partial charge in [0.25, 0.3) is 5.91 Å². The van der Waals surface area contributed by atoms with Crippen LogP contribution in [0, 0.1) is 0 Å². The Balaban J connectivity index is 1.77. The maximum Gasteiger partial charge on any atom is 0.434 e. The fourth-order valence-corrected chi connectivity index (χ4v) is 3.20. The summed E-state index contributed by atoms with van der Waals surface area (Å²) in [7, 11) is 1.56. The number of aryl methyl sites for hydroxylation is 2. The Morgan fingerprint density at radius 3 is 2.72 bits per heavy atom. The Morgan fingerprint density at radius 2 is 2.12 bits per heavy atom. The second-order valence-corrected chi connectivity index (χ2v) is 6.27. The summed E-state index contributed by atoms with van der Waals surface area (Å²) in [5.74, 6) is 0.0174. The zero-order chi connectivity index (χ0) is 18.2. The van der Waals surface area contributed by atoms with Crippen LogP contribution in [0.1, 0.15) is 47.6 Å². The lowest BCUT2D eigenvalue weighted by molar-refractivity contribution is -0.141. The molecule has 6 nitrogen and oxygen atoms in total. The first-order valence-electron chi connectivity index (χ1n) is 8.21. The molecule has 1 aliphatic rings. The van der Waals surface area contributed by atoms with E-state index in [0.29, 0.717) is 37.4 Å². The number of carbonyl (C=O) groups excluding carboxylic acids is 1. The van der Waals surface area contributed by atoms with Gasteiger partial charge in [-0.3, -0.25) is 9.48 Å². The number of halogens is 3. The molecule has 3 heterocycles. The third kappa shape index (κ3) is 3.54. The van der Waals surface area contributed by atoms with E-state index in [1.807, 2.05) is 6.92 Å². The molecule has 0 spiro atoms. The lowest BCUT2D eigenvalue weighted by Crippen LogP contribution is -2.39. The van der Waals surface area contributed by atoms with Gasteiger partial charge in [0.2, 0.25) is 0 Å². The first-order chi connectivity index (χ1) is 11.8. The quantitative estimate of drug-likeness (QED) is 0.851. The van der Waals surface area contributed by atoms with Crippen LogP contribution in [0.15, 0.2) is 18.6 Å². The van der Waals surface area contributed by atoms with Crippen LogP contribution >= 0.6 is 0 Å². The standard InChI is InChI=1S/C16H20F3N5O/c1-3-24-9-12(7-20-24)15(25)23-6-4-5-11(8-23)14-21-13(10-22(14)2)16(17,18)19/h7,9-11H,3-6,8H2,1-2H3/t11-/m0/s1. The largest absolute Gasteiger partial charge is 0.434 e. The number of aromatic nitrogens is 4. The molecule has 0 saturated carbocycles. The second-order valence-electron chi connectivity index (χ2n) is 6.27. The first-order valence-corrected chi connectivity index (χ1v) is 8.21. The molecule has 0 unspecified atom stereocenters. The highest BCUT2D eigenvalue weighted by molar-refractivity contribution is 5.93. The van der Waals surface area contributed by atoms with Gasteiger partial charge in [0.05, 0.1) is 11.8 Å². The van der Waals surface area contributed by atoms with Crippen molar-refractivity contribution in [2.24, 2.45) is 7.05 Å². The number of alkyl halides is 3. The number of likely N-dealkylation sites (tertiary alicyclic amines) is 1. The Morgan fingerprint density at radius 1 is 1.36 bits per heavy atom. The van der Waals surface area contributed by atoms with Crippen molar-refractivity contribution in [3.05, 3.63) is 35.7 Å². The highest BCUT2D eigenvalue weighted by Gasteiger charge is 2.36. The molecule has 1 atom stereocenters. The minimum absolute atomic E-state index is 0.144. The van der Waals surface area contributed by atoms with Gasteiger partial charge in [-0.25, -0.2) is 4.98 Å². The van der Waals surface area contributed by atoms with E-state index in [9.17, 15) is 18.0 Å². The number of hydrogen-bond donors (Lipinski definition) is 0. The monoisotopic (exact) mass is 355 g/mol. The van der Waals surface area contributed by atoms with Crippen molar-refractivity contribution < 1.29 is 18.0 Å². The van der Waals surface area contributed by atoms with Crippen molar-refractivity contribution in [3.63, 3.8) is 0 Å². The van der Waals surface area contributed by atoms with Gasteiger partial charge in [-0.1, -0.05) is 0 Å². The molecule has 2 aromatic heterocycles. The van der Waals surface area contributed by atoms with Gasteiger partial charge in [0.15, 0.2) is 5.69 Å². The van der Waals surface area contributed by atoms with Crippen molar-refractivity contribution in [1.82, 2.24) is 24.2 Å². The summed E-state index contributed by atoms with van der Waals surface area (Å²) in [5.41, 5.74) is -0.393. The van der Waals surface area contributed by atoms with Crippen molar-refractivity contribution >= 4 is 5.91 Å². The molecule has 1 aliphatic heterocycles. The van der Waals surface area contributed by atoms with Gasteiger partial charge >= 0.3 is 6.18 Å². The average molecular weight is 355 g/mol. The average Bonchev–Trinajstić information content (AvgIpc) is 3.20. The molecule has 0 N–H and O–H groups in total. The van der Waals surface area contributed by atoms with Gasteiger partial charge in [-0.15, -0.1) is 0 Å². The first kappa shape index (κ1) is 17.5. The van der Waals surface area contributed by atoms with Crippen LogP contribution in [0.5, 0.6) is 0 Å². The summed E-state index contributed by atoms with van der Waals surface area (Å²) in [6.07, 6.45) is 1.19. The molecule has 2 aromatic rings. The summed E-state index contributed by atoms with van der Waals surface area (Å²) in [5, 5.41) is 4.10. The minimum atomic E-state index is -4.46. The molecule has 136 valence electrons. The molecule has 9 heteroatoms. The molecule has 1 amide bonds. The van der Waals surface area contributed by atoms with Crippen molar-refractivity contribution in [2.45, 2.75) is 38.4 Å². The molecule has 0 aliphatic carbocycles. The van der Waals surface area contributed by atoms with Crippen LogP contribution in [0.2, 0.25) is 0 Å². The van der Waals surface area contributed by atoms with E-state index < -0.39 is 11.9 Å². The van der Waals surface area contributed by atoms with Gasteiger partial charge in [-0.05, 0) is 19.8 Å². The lowest BCUT2D eigenvalue weighted by atomic mass is 9.96. The van der Waals surface area contributed by atoms with Crippen LogP contribution in [-0.2, 0) is 19.8 Å². The van der Waals surface area contributed by atoms with Crippen molar-refractivity contribution in [1.29, 1.82) is 0 Å². The summed E-state index contributed by atoms with van der Waals surface area (Å²) in [6.45, 7) is 3.54. The summed E-state index contributed by atoms with van der Waals surface area (Å²) in [6, 6.07) is 0. The van der Waals surface area contributed by atoms with Crippen LogP contribution in [0.4, 0.5) is 13.2 Å². The van der Waals surface area contributed by atoms with Gasteiger partial charge in [0.1, 0.15) is 5.82 Å². The van der Waals surface area contributed by atoms with Crippen LogP contribution < -0.4 is 0 Å². The maximum absolute atomic E-state index is 12.9. The lowest BCUT2D eigenvalue weighted by Gasteiger charge is -2.32. The number of amides is 1. The van der Waals surface area contributed by atoms with Gasteiger partial charge < -0.3 is 9.47 Å². The van der Waals surface area contributed by atoms with Crippen LogP contribution in [-0.4, -0.2) is 43.2 Å². The highest BCUT2D eigenvalue weighted by atomic mass is 19.4. The van der Waals surface area contributed by atoms with Crippen molar-refractivity contribution in [3.8, 4) is 0 Å². The number of piperidine rings is 1. The highest BCUT2D eigenvalue weighted by Crippen LogP contribution is 2.32. The third-order valence-corrected chi connectivity index (χ3v) is 4.48. The summed E-state index contributed by atoms with van der Waals surface area (Å²) >= 11 is 0. The smallest absolute Gasteiger partial charge is 0.338 e. The van der Waals surface area contributed by atoms with Gasteiger partial charge in [0, 0.05) is 45.0 Å². The van der Waals surface area contributed by atoms with Crippen LogP contribution in [0.3, 0.4) is 0 Å². The molecule has 0 radical (unpaired) electrons. The topological polar surface area (TPSA) is 56.0 Å². The van der Waals surface area contributed by atoms with E-state index in [4.69, 9.17) is 0 Å². The fourth-order valence-electron chi connectivity index (χ4n) is 3.20. The maximum atomic E-state index is 12.9.